The van der Waals surface area contributed by atoms with Crippen molar-refractivity contribution in [3.63, 3.8) is 0 Å². The molecule has 0 N–H and O–H groups in total. The highest BCUT2D eigenvalue weighted by molar-refractivity contribution is 8.00. The Balaban J connectivity index is 2.50. The van der Waals surface area contributed by atoms with Gasteiger partial charge in [-0.1, -0.05) is 11.5 Å². The number of carbonyl (C=O) groups is 1. The van der Waals surface area contributed by atoms with E-state index in [0.717, 1.165) is 38.5 Å². The van der Waals surface area contributed by atoms with Crippen LogP contribution in [0.4, 0.5) is 0 Å². The molecule has 1 aliphatic rings. The fourth-order valence-electron chi connectivity index (χ4n) is 2.13. The third-order valence-electron chi connectivity index (χ3n) is 3.04. The van der Waals surface area contributed by atoms with E-state index < -0.39 is 0 Å². The quantitative estimate of drug-likeness (QED) is 0.313. The number of hydrogen-bond acceptors (Lipinski definition) is 3. The van der Waals surface area contributed by atoms with Crippen molar-refractivity contribution in [3.05, 3.63) is 10.4 Å². The second kappa shape index (κ2) is 6.03. The van der Waals surface area contributed by atoms with Gasteiger partial charge in [-0.25, -0.2) is 0 Å². The summed E-state index contributed by atoms with van der Waals surface area (Å²) in [4.78, 5) is 14.6. The molecule has 4 nitrogen and oxygen atoms in total. The lowest BCUT2D eigenvalue weighted by molar-refractivity contribution is -0.123. The lowest BCUT2D eigenvalue weighted by Gasteiger charge is -2.34. The molecule has 5 heteroatoms. The molecule has 1 saturated carbocycles. The molecule has 0 aromatic rings. The summed E-state index contributed by atoms with van der Waals surface area (Å²) in [5.74, 6) is 0.391. The van der Waals surface area contributed by atoms with Crippen molar-refractivity contribution in [2.24, 2.45) is 5.11 Å². The molecule has 0 aliphatic heterocycles. The van der Waals surface area contributed by atoms with Crippen molar-refractivity contribution in [1.82, 2.24) is 0 Å². The van der Waals surface area contributed by atoms with Crippen molar-refractivity contribution in [3.8, 4) is 0 Å². The molecule has 15 heavy (non-hydrogen) atoms. The Morgan fingerprint density at radius 2 is 2.40 bits per heavy atom. The Bertz CT molecular complexity index is 276. The van der Waals surface area contributed by atoms with E-state index in [-0.39, 0.29) is 4.75 Å². The van der Waals surface area contributed by atoms with E-state index in [0.29, 0.717) is 12.3 Å². The molecule has 84 valence electrons. The van der Waals surface area contributed by atoms with E-state index in [2.05, 4.69) is 10.0 Å². The summed E-state index contributed by atoms with van der Waals surface area (Å²) in [6.07, 6.45) is 7.58. The maximum absolute atomic E-state index is 11.9. The van der Waals surface area contributed by atoms with Gasteiger partial charge in [0, 0.05) is 17.9 Å². The zero-order chi connectivity index (χ0) is 11.1. The van der Waals surface area contributed by atoms with Crippen LogP contribution in [0.2, 0.25) is 0 Å². The predicted octanol–water partition coefficient (Wildman–Crippen LogP) is 3.32. The van der Waals surface area contributed by atoms with E-state index in [1.165, 1.54) is 0 Å². The second-order valence-electron chi connectivity index (χ2n) is 3.89. The molecule has 0 aromatic carbocycles. The van der Waals surface area contributed by atoms with Gasteiger partial charge in [0.25, 0.3) is 0 Å². The Hall–Kier alpha value is -0.670. The molecule has 1 unspecified atom stereocenters. The van der Waals surface area contributed by atoms with E-state index >= 15 is 0 Å². The van der Waals surface area contributed by atoms with Crippen molar-refractivity contribution >= 4 is 17.5 Å². The lowest BCUT2D eigenvalue weighted by Crippen LogP contribution is -2.37. The number of azide groups is 1. The first-order chi connectivity index (χ1) is 7.25. The molecule has 0 aromatic heterocycles. The molecule has 0 amide bonds. The largest absolute Gasteiger partial charge is 0.298 e. The number of carbonyl (C=O) groups excluding carboxylic acids is 1. The van der Waals surface area contributed by atoms with Crippen molar-refractivity contribution in [2.75, 3.05) is 12.8 Å². The molecule has 0 radical (unpaired) electrons. The van der Waals surface area contributed by atoms with Gasteiger partial charge in [-0.2, -0.15) is 11.8 Å². The van der Waals surface area contributed by atoms with Crippen LogP contribution in [0.15, 0.2) is 5.11 Å². The summed E-state index contributed by atoms with van der Waals surface area (Å²) in [6.45, 7) is 0.506. The number of hydrogen-bond donors (Lipinski definition) is 0. The van der Waals surface area contributed by atoms with Crippen LogP contribution in [0, 0.1) is 0 Å². The average Bonchev–Trinajstić information content (AvgIpc) is 2.27. The van der Waals surface area contributed by atoms with Crippen molar-refractivity contribution in [2.45, 2.75) is 43.3 Å². The van der Waals surface area contributed by atoms with Crippen LogP contribution in [0.25, 0.3) is 10.4 Å². The third-order valence-corrected chi connectivity index (χ3v) is 4.45. The minimum Gasteiger partial charge on any atom is -0.298 e. The monoisotopic (exact) mass is 227 g/mol. The van der Waals surface area contributed by atoms with Gasteiger partial charge in [0.1, 0.15) is 5.78 Å². The molecule has 1 atom stereocenters. The standard InChI is InChI=1S/C10H17N3OS/c1-15-10(7-4-8-12-13-11)6-3-2-5-9(10)14/h2-8H2,1H3. The summed E-state index contributed by atoms with van der Waals surface area (Å²) in [7, 11) is 0. The van der Waals surface area contributed by atoms with Crippen LogP contribution in [0.5, 0.6) is 0 Å². The Morgan fingerprint density at radius 1 is 1.60 bits per heavy atom. The summed E-state index contributed by atoms with van der Waals surface area (Å²) in [5, 5.41) is 3.51. The number of Topliss-reactive ketones (excluding diaryl/α,β-unsaturated/α-hetero) is 1. The summed E-state index contributed by atoms with van der Waals surface area (Å²) >= 11 is 1.68. The van der Waals surface area contributed by atoms with Crippen LogP contribution in [0.1, 0.15) is 38.5 Å². The first kappa shape index (κ1) is 12.4. The van der Waals surface area contributed by atoms with E-state index in [1.54, 1.807) is 11.8 Å². The Labute approximate surface area is 94.4 Å². The van der Waals surface area contributed by atoms with Gasteiger partial charge in [-0.3, -0.25) is 4.79 Å². The van der Waals surface area contributed by atoms with E-state index in [4.69, 9.17) is 5.53 Å². The van der Waals surface area contributed by atoms with Crippen LogP contribution in [-0.2, 0) is 4.79 Å². The fourth-order valence-corrected chi connectivity index (χ4v) is 3.15. The molecule has 1 aliphatic carbocycles. The Morgan fingerprint density at radius 3 is 3.00 bits per heavy atom. The maximum Gasteiger partial charge on any atom is 0.148 e. The fraction of sp³-hybridized carbons (Fsp3) is 0.900. The van der Waals surface area contributed by atoms with Gasteiger partial charge in [0.05, 0.1) is 4.75 Å². The number of thioether (sulfide) groups is 1. The minimum atomic E-state index is -0.177. The number of nitrogens with zero attached hydrogens (tertiary/aromatic N) is 3. The van der Waals surface area contributed by atoms with Crippen LogP contribution in [-0.4, -0.2) is 23.3 Å². The van der Waals surface area contributed by atoms with Crippen molar-refractivity contribution < 1.29 is 4.79 Å². The average molecular weight is 227 g/mol. The predicted molar refractivity (Wildman–Crippen MR) is 63.0 cm³/mol. The van der Waals surface area contributed by atoms with Gasteiger partial charge in [-0.05, 0) is 37.5 Å². The Kier molecular flexibility index (Phi) is 4.99. The van der Waals surface area contributed by atoms with Crippen LogP contribution >= 0.6 is 11.8 Å². The minimum absolute atomic E-state index is 0.177. The first-order valence-corrected chi connectivity index (χ1v) is 6.57. The maximum atomic E-state index is 11.9. The number of rotatable bonds is 5. The molecule has 0 heterocycles. The topological polar surface area (TPSA) is 65.8 Å². The number of ketones is 1. The van der Waals surface area contributed by atoms with Crippen LogP contribution in [0.3, 0.4) is 0 Å². The van der Waals surface area contributed by atoms with Crippen LogP contribution < -0.4 is 0 Å². The molecular formula is C10H17N3OS. The lowest BCUT2D eigenvalue weighted by atomic mass is 9.84. The summed E-state index contributed by atoms with van der Waals surface area (Å²) < 4.78 is -0.177. The van der Waals surface area contributed by atoms with Gasteiger partial charge in [0.2, 0.25) is 0 Å². The first-order valence-electron chi connectivity index (χ1n) is 5.34. The second-order valence-corrected chi connectivity index (χ2v) is 5.08. The van der Waals surface area contributed by atoms with Gasteiger partial charge in [-0.15, -0.1) is 0 Å². The molecule has 0 saturated heterocycles. The zero-order valence-electron chi connectivity index (χ0n) is 9.11. The zero-order valence-corrected chi connectivity index (χ0v) is 9.92. The van der Waals surface area contributed by atoms with E-state index in [1.807, 2.05) is 6.26 Å². The summed E-state index contributed by atoms with van der Waals surface area (Å²) in [6, 6.07) is 0. The normalized spacial score (nSPS) is 26.1. The molecule has 0 spiro atoms. The van der Waals surface area contributed by atoms with Crippen molar-refractivity contribution in [1.29, 1.82) is 0 Å². The third kappa shape index (κ3) is 3.14. The van der Waals surface area contributed by atoms with Gasteiger partial charge < -0.3 is 0 Å². The molecule has 1 rings (SSSR count). The summed E-state index contributed by atoms with van der Waals surface area (Å²) in [5.41, 5.74) is 8.16. The highest BCUT2D eigenvalue weighted by Crippen LogP contribution is 2.39. The molecular weight excluding hydrogens is 210 g/mol. The highest BCUT2D eigenvalue weighted by Gasteiger charge is 2.38. The highest BCUT2D eigenvalue weighted by atomic mass is 32.2. The van der Waals surface area contributed by atoms with Gasteiger partial charge in [0.15, 0.2) is 0 Å². The molecule has 0 bridgehead atoms. The van der Waals surface area contributed by atoms with E-state index in [9.17, 15) is 4.79 Å². The SMILES string of the molecule is CSC1(CCCN=[N+]=[N-])CCCCC1=O. The smallest absolute Gasteiger partial charge is 0.148 e. The molecule has 1 fully saturated rings. The van der Waals surface area contributed by atoms with Gasteiger partial charge >= 0.3 is 0 Å².